The summed E-state index contributed by atoms with van der Waals surface area (Å²) in [7, 11) is 0. The summed E-state index contributed by atoms with van der Waals surface area (Å²) in [4.78, 5) is 26.5. The smallest absolute Gasteiger partial charge is 0.430 e. The van der Waals surface area contributed by atoms with Gasteiger partial charge in [-0.15, -0.1) is 0 Å². The van der Waals surface area contributed by atoms with Crippen LogP contribution in [0.5, 0.6) is 0 Å². The van der Waals surface area contributed by atoms with Crippen LogP contribution in [0, 0.1) is 10.1 Å². The second-order valence-corrected chi connectivity index (χ2v) is 10.9. The second kappa shape index (κ2) is 11.4. The summed E-state index contributed by atoms with van der Waals surface area (Å²) < 4.78 is 96.0. The summed E-state index contributed by atoms with van der Waals surface area (Å²) in [5, 5.41) is 12.0. The number of carbonyl (C=O) groups excluding carboxylic acids is 1. The number of rotatable bonds is 6. The van der Waals surface area contributed by atoms with Gasteiger partial charge in [0.2, 0.25) is 0 Å². The van der Waals surface area contributed by atoms with Crippen LogP contribution in [0.3, 0.4) is 0 Å². The lowest BCUT2D eigenvalue weighted by Crippen LogP contribution is -2.59. The number of amides is 1. The molecule has 1 aliphatic heterocycles. The van der Waals surface area contributed by atoms with Crippen molar-refractivity contribution in [2.45, 2.75) is 76.9 Å². The number of anilines is 1. The highest BCUT2D eigenvalue weighted by Gasteiger charge is 2.73. The molecule has 0 N–H and O–H groups in total. The zero-order chi connectivity index (χ0) is 31.0. The van der Waals surface area contributed by atoms with Gasteiger partial charge in [-0.2, -0.15) is 26.3 Å². The minimum absolute atomic E-state index is 0.00872. The van der Waals surface area contributed by atoms with Gasteiger partial charge in [0.25, 0.3) is 11.3 Å². The quantitative estimate of drug-likeness (QED) is 0.205. The van der Waals surface area contributed by atoms with Gasteiger partial charge in [0.1, 0.15) is 11.3 Å². The predicted octanol–water partition coefficient (Wildman–Crippen LogP) is 6.97. The van der Waals surface area contributed by atoms with Gasteiger partial charge in [-0.1, -0.05) is 36.4 Å². The van der Waals surface area contributed by atoms with Crippen LogP contribution in [0.1, 0.15) is 45.7 Å². The van der Waals surface area contributed by atoms with Crippen molar-refractivity contribution >= 4 is 17.5 Å². The number of ether oxygens (including phenoxy) is 2. The largest absolute Gasteiger partial charge is 0.444 e. The van der Waals surface area contributed by atoms with Crippen molar-refractivity contribution in [1.29, 1.82) is 0 Å². The number of nitrogens with zero attached hydrogens (tertiary/aromatic N) is 3. The fourth-order valence-electron chi connectivity index (χ4n) is 4.67. The van der Waals surface area contributed by atoms with E-state index in [9.17, 15) is 41.3 Å². The molecule has 14 heteroatoms. The molecule has 2 aromatic carbocycles. The zero-order valence-electron chi connectivity index (χ0n) is 23.0. The number of nitro benzene ring substituents is 1. The van der Waals surface area contributed by atoms with Gasteiger partial charge in [-0.3, -0.25) is 10.1 Å². The molecule has 1 heterocycles. The highest BCUT2D eigenvalue weighted by atomic mass is 19.4. The van der Waals surface area contributed by atoms with Crippen LogP contribution in [-0.2, 0) is 21.7 Å². The summed E-state index contributed by atoms with van der Waals surface area (Å²) in [6.45, 7) is 7.33. The van der Waals surface area contributed by atoms with Crippen LogP contribution in [0.2, 0.25) is 0 Å². The van der Waals surface area contributed by atoms with Crippen molar-refractivity contribution in [3.05, 3.63) is 69.8 Å². The van der Waals surface area contributed by atoms with E-state index in [0.717, 1.165) is 6.07 Å². The van der Waals surface area contributed by atoms with Gasteiger partial charge in [0.05, 0.1) is 11.5 Å². The number of halogens is 6. The Morgan fingerprint density at radius 3 is 2.05 bits per heavy atom. The van der Waals surface area contributed by atoms with Crippen LogP contribution in [0.25, 0.3) is 0 Å². The van der Waals surface area contributed by atoms with E-state index in [2.05, 4.69) is 4.74 Å². The molecule has 1 amide bonds. The van der Waals surface area contributed by atoms with Gasteiger partial charge >= 0.3 is 18.4 Å². The lowest BCUT2D eigenvalue weighted by molar-refractivity contribution is -0.394. The van der Waals surface area contributed by atoms with Crippen LogP contribution >= 0.6 is 0 Å². The highest BCUT2D eigenvalue weighted by molar-refractivity contribution is 5.71. The molecule has 1 saturated heterocycles. The summed E-state index contributed by atoms with van der Waals surface area (Å²) in [6, 6.07) is 7.50. The van der Waals surface area contributed by atoms with E-state index in [1.165, 1.54) is 40.1 Å². The van der Waals surface area contributed by atoms with Crippen molar-refractivity contribution in [2.75, 3.05) is 18.0 Å². The number of piperazine rings is 1. The first kappa shape index (κ1) is 32.0. The Bertz CT molecular complexity index is 1230. The number of alkyl halides is 6. The molecule has 0 bridgehead atoms. The average molecular weight is 592 g/mol. The molecule has 2 unspecified atom stereocenters. The summed E-state index contributed by atoms with van der Waals surface area (Å²) in [5.41, 5.74) is -8.21. The second-order valence-electron chi connectivity index (χ2n) is 10.9. The van der Waals surface area contributed by atoms with Crippen LogP contribution in [0.4, 0.5) is 42.5 Å². The normalized spacial score (nSPS) is 18.8. The van der Waals surface area contributed by atoms with Gasteiger partial charge in [0, 0.05) is 36.8 Å². The van der Waals surface area contributed by atoms with Crippen molar-refractivity contribution in [2.24, 2.45) is 0 Å². The maximum absolute atomic E-state index is 14.3. The summed E-state index contributed by atoms with van der Waals surface area (Å²) >= 11 is 0. The molecular weight excluding hydrogens is 560 g/mol. The molecular formula is C27H31F6N3O5. The highest BCUT2D eigenvalue weighted by Crippen LogP contribution is 2.54. The van der Waals surface area contributed by atoms with Crippen molar-refractivity contribution in [3.63, 3.8) is 0 Å². The van der Waals surface area contributed by atoms with Crippen LogP contribution in [0.15, 0.2) is 48.5 Å². The summed E-state index contributed by atoms with van der Waals surface area (Å²) in [5.74, 6) is 0. The fourth-order valence-corrected chi connectivity index (χ4v) is 4.67. The van der Waals surface area contributed by atoms with Gasteiger partial charge in [0.15, 0.2) is 0 Å². The molecule has 226 valence electrons. The monoisotopic (exact) mass is 591 g/mol. The molecule has 1 aliphatic rings. The Balaban J connectivity index is 2.05. The van der Waals surface area contributed by atoms with E-state index in [4.69, 9.17) is 4.74 Å². The third-order valence-electron chi connectivity index (χ3n) is 6.60. The van der Waals surface area contributed by atoms with E-state index in [-0.39, 0.29) is 30.4 Å². The average Bonchev–Trinajstić information content (AvgIpc) is 2.83. The van der Waals surface area contributed by atoms with Gasteiger partial charge < -0.3 is 19.3 Å². The Kier molecular flexibility index (Phi) is 8.87. The lowest BCUT2D eigenvalue weighted by Gasteiger charge is -2.45. The Labute approximate surface area is 233 Å². The molecule has 41 heavy (non-hydrogen) atoms. The van der Waals surface area contributed by atoms with Gasteiger partial charge in [-0.05, 0) is 46.2 Å². The Hall–Kier alpha value is -3.55. The maximum Gasteiger partial charge on any atom is 0.430 e. The van der Waals surface area contributed by atoms with E-state index in [1.54, 1.807) is 34.6 Å². The number of hydrogen-bond donors (Lipinski definition) is 0. The third-order valence-corrected chi connectivity index (χ3v) is 6.60. The number of carbonyl (C=O) groups is 1. The molecule has 2 aromatic rings. The Morgan fingerprint density at radius 2 is 1.54 bits per heavy atom. The van der Waals surface area contributed by atoms with Crippen molar-refractivity contribution in [3.8, 4) is 0 Å². The van der Waals surface area contributed by atoms with Gasteiger partial charge in [-0.25, -0.2) is 4.79 Å². The fraction of sp³-hybridized carbons (Fsp3) is 0.519. The first-order chi connectivity index (χ1) is 18.8. The summed E-state index contributed by atoms with van der Waals surface area (Å²) in [6.07, 6.45) is -12.6. The number of nitro groups is 1. The number of benzene rings is 2. The third kappa shape index (κ3) is 6.68. The molecule has 1 fully saturated rings. The van der Waals surface area contributed by atoms with E-state index < -0.39 is 64.5 Å². The van der Waals surface area contributed by atoms with E-state index >= 15 is 0 Å². The Morgan fingerprint density at radius 1 is 0.951 bits per heavy atom. The van der Waals surface area contributed by atoms with E-state index in [1.807, 2.05) is 0 Å². The SMILES string of the molecule is CC1CN(c2ccc(C(OCc3ccccc3)(C(F)(F)F)C(F)(F)F)cc2[N+](=O)[O-])C(C)CN1C(=O)OC(C)(C)C. The predicted molar refractivity (Wildman–Crippen MR) is 137 cm³/mol. The van der Waals surface area contributed by atoms with Crippen molar-refractivity contribution < 1.29 is 45.5 Å². The molecule has 0 spiro atoms. The minimum atomic E-state index is -6.02. The topological polar surface area (TPSA) is 85.2 Å². The molecule has 8 nitrogen and oxygen atoms in total. The molecule has 0 aromatic heterocycles. The zero-order valence-corrected chi connectivity index (χ0v) is 23.0. The minimum Gasteiger partial charge on any atom is -0.444 e. The molecule has 0 aliphatic carbocycles. The molecule has 0 saturated carbocycles. The van der Waals surface area contributed by atoms with Crippen LogP contribution in [-0.4, -0.2) is 59.0 Å². The number of hydrogen-bond acceptors (Lipinski definition) is 6. The van der Waals surface area contributed by atoms with Crippen LogP contribution < -0.4 is 4.90 Å². The molecule has 0 radical (unpaired) electrons. The maximum atomic E-state index is 14.3. The van der Waals surface area contributed by atoms with E-state index in [0.29, 0.717) is 6.07 Å². The first-order valence-electron chi connectivity index (χ1n) is 12.6. The van der Waals surface area contributed by atoms with Crippen molar-refractivity contribution in [1.82, 2.24) is 4.90 Å². The standard InChI is InChI=1S/C27H31F6N3O5/c1-17-15-35(23(37)41-24(3,4)5)18(2)14-34(17)21-12-11-20(13-22(21)36(38)39)25(26(28,29)30,27(31,32)33)40-16-19-9-7-6-8-10-19/h6-13,17-18H,14-16H2,1-5H3. The molecule has 3 rings (SSSR count). The first-order valence-corrected chi connectivity index (χ1v) is 12.6. The molecule has 2 atom stereocenters. The lowest BCUT2D eigenvalue weighted by atomic mass is 9.90.